The summed E-state index contributed by atoms with van der Waals surface area (Å²) in [4.78, 5) is 0. The summed E-state index contributed by atoms with van der Waals surface area (Å²) in [7, 11) is 0. The molecule has 0 aliphatic rings. The first-order chi connectivity index (χ1) is 5.13. The first-order valence-corrected chi connectivity index (χ1v) is 4.75. The number of hydrogen-bond acceptors (Lipinski definition) is 0. The maximum Gasteiger partial charge on any atom is 0.0907 e. The van der Waals surface area contributed by atoms with Crippen LogP contribution in [0.2, 0.25) is 0 Å². The van der Waals surface area contributed by atoms with E-state index in [1.165, 1.54) is 5.54 Å². The average Bonchev–Trinajstić information content (AvgIpc) is 1.98. The topological polar surface area (TPSA) is 0 Å². The number of allylic oxidation sites excluding steroid dienone is 2. The van der Waals surface area contributed by atoms with Crippen LogP contribution in [0.15, 0.2) is 22.7 Å². The molecule has 0 fully saturated rings. The van der Waals surface area contributed by atoms with Crippen LogP contribution in [0, 0.1) is 0 Å². The van der Waals surface area contributed by atoms with Crippen molar-refractivity contribution in [3.05, 3.63) is 22.7 Å². The average molecular weight is 234 g/mol. The van der Waals surface area contributed by atoms with Crippen LogP contribution >= 0.6 is 46.4 Å². The quantitative estimate of drug-likeness (QED) is 0.642. The molecule has 1 unspecified atom stereocenters. The Morgan fingerprint density at radius 1 is 1.55 bits per heavy atom. The molecule has 0 nitrogen and oxygen atoms in total. The van der Waals surface area contributed by atoms with Crippen molar-refractivity contribution in [1.29, 1.82) is 0 Å². The van der Waals surface area contributed by atoms with Crippen molar-refractivity contribution in [2.45, 2.75) is 11.8 Å². The molecule has 0 aliphatic heterocycles. The van der Waals surface area contributed by atoms with Crippen LogP contribution in [0.3, 0.4) is 0 Å². The molecule has 0 radical (unpaired) electrons. The smallest absolute Gasteiger partial charge is 0.0907 e. The van der Waals surface area contributed by atoms with Gasteiger partial charge >= 0.3 is 0 Å². The third kappa shape index (κ3) is 4.27. The van der Waals surface area contributed by atoms with Crippen LogP contribution in [0.4, 0.5) is 0 Å². The first kappa shape index (κ1) is 11.6. The van der Waals surface area contributed by atoms with Gasteiger partial charge < -0.3 is 0 Å². The molecule has 0 amide bonds. The summed E-state index contributed by atoms with van der Waals surface area (Å²) in [5, 5.41) is -0.0448. The Labute approximate surface area is 86.8 Å². The largest absolute Gasteiger partial charge is 0.126 e. The minimum absolute atomic E-state index is 0.365. The molecule has 64 valence electrons. The molecule has 0 N–H and O–H groups in total. The minimum Gasteiger partial charge on any atom is -0.126 e. The number of halogens is 4. The van der Waals surface area contributed by atoms with Crippen molar-refractivity contribution in [3.8, 4) is 0 Å². The number of rotatable bonds is 4. The Hall–Kier alpha value is 0.640. The highest BCUT2D eigenvalue weighted by Gasteiger charge is 2.11. The van der Waals surface area contributed by atoms with Gasteiger partial charge in [-0.3, -0.25) is 0 Å². The molecule has 4 heteroatoms. The van der Waals surface area contributed by atoms with E-state index in [2.05, 4.69) is 6.58 Å². The number of hydrogen-bond donors (Lipinski definition) is 0. The normalized spacial score (nSPS) is 14.7. The highest BCUT2D eigenvalue weighted by molar-refractivity contribution is 6.38. The van der Waals surface area contributed by atoms with Gasteiger partial charge in [0.15, 0.2) is 0 Å². The van der Waals surface area contributed by atoms with Crippen molar-refractivity contribution in [3.63, 3.8) is 0 Å². The van der Waals surface area contributed by atoms with Gasteiger partial charge in [-0.25, -0.2) is 0 Å². The Morgan fingerprint density at radius 3 is 2.36 bits per heavy atom. The highest BCUT2D eigenvalue weighted by atomic mass is 35.5. The zero-order chi connectivity index (χ0) is 8.85. The molecule has 1 atom stereocenters. The van der Waals surface area contributed by atoms with Crippen molar-refractivity contribution >= 4 is 46.4 Å². The zero-order valence-corrected chi connectivity index (χ0v) is 8.81. The molecule has 0 spiro atoms. The van der Waals surface area contributed by atoms with E-state index >= 15 is 0 Å². The first-order valence-electron chi connectivity index (χ1n) is 2.97. The summed E-state index contributed by atoms with van der Waals surface area (Å²) in [6.45, 7) is 3.50. The van der Waals surface area contributed by atoms with E-state index in [9.17, 15) is 0 Å². The van der Waals surface area contributed by atoms with Crippen LogP contribution in [0.1, 0.15) is 6.42 Å². The molecule has 0 aromatic rings. The zero-order valence-electron chi connectivity index (χ0n) is 5.79. The molecule has 0 saturated heterocycles. The van der Waals surface area contributed by atoms with Crippen LogP contribution < -0.4 is 0 Å². The molecular formula is C7H8Cl4. The van der Waals surface area contributed by atoms with Gasteiger partial charge in [-0.2, -0.15) is 0 Å². The van der Waals surface area contributed by atoms with E-state index in [0.29, 0.717) is 17.3 Å². The third-order valence-electron chi connectivity index (χ3n) is 1.12. The summed E-state index contributed by atoms with van der Waals surface area (Å²) in [5.74, 6) is 0.478. The number of alkyl halides is 2. The van der Waals surface area contributed by atoms with Crippen molar-refractivity contribution < 1.29 is 0 Å². The Morgan fingerprint density at radius 2 is 2.09 bits per heavy atom. The van der Waals surface area contributed by atoms with Crippen LogP contribution in [0.25, 0.3) is 0 Å². The van der Waals surface area contributed by atoms with Gasteiger partial charge in [-0.05, 0) is 12.0 Å². The van der Waals surface area contributed by atoms with Crippen LogP contribution in [-0.4, -0.2) is 11.3 Å². The Kier molecular flexibility index (Phi) is 6.55. The molecule has 0 rings (SSSR count). The van der Waals surface area contributed by atoms with E-state index in [-0.39, 0.29) is 0 Å². The minimum atomic E-state index is -0.409. The predicted octanol–water partition coefficient (Wildman–Crippen LogP) is 4.10. The highest BCUT2D eigenvalue weighted by Crippen LogP contribution is 2.23. The second kappa shape index (κ2) is 6.19. The van der Waals surface area contributed by atoms with Crippen molar-refractivity contribution in [2.75, 3.05) is 5.88 Å². The van der Waals surface area contributed by atoms with Gasteiger partial charge in [-0.1, -0.05) is 29.8 Å². The predicted molar refractivity (Wildman–Crippen MR) is 53.9 cm³/mol. The summed E-state index contributed by atoms with van der Waals surface area (Å²) in [6, 6.07) is 0. The molecule has 0 aromatic heterocycles. The van der Waals surface area contributed by atoms with Gasteiger partial charge in [-0.15, -0.1) is 23.2 Å². The standard InChI is InChI=1S/C7H8Cl4/c1-5(10)7(11)6(4-9)2-3-8/h4,7H,1-3H2. The Balaban J connectivity index is 4.15. The van der Waals surface area contributed by atoms with Gasteiger partial charge in [0.2, 0.25) is 0 Å². The van der Waals surface area contributed by atoms with Gasteiger partial charge in [0, 0.05) is 16.4 Å². The summed E-state index contributed by atoms with van der Waals surface area (Å²) >= 11 is 22.4. The monoisotopic (exact) mass is 232 g/mol. The summed E-state index contributed by atoms with van der Waals surface area (Å²) < 4.78 is 0. The summed E-state index contributed by atoms with van der Waals surface area (Å²) in [5.41, 5.74) is 2.19. The third-order valence-corrected chi connectivity index (χ3v) is 2.47. The fourth-order valence-corrected chi connectivity index (χ4v) is 1.38. The fourth-order valence-electron chi connectivity index (χ4n) is 0.547. The van der Waals surface area contributed by atoms with Crippen LogP contribution in [-0.2, 0) is 0 Å². The van der Waals surface area contributed by atoms with Crippen molar-refractivity contribution in [1.82, 2.24) is 0 Å². The van der Waals surface area contributed by atoms with Crippen molar-refractivity contribution in [2.24, 2.45) is 0 Å². The lowest BCUT2D eigenvalue weighted by Crippen LogP contribution is -2.02. The molecular weight excluding hydrogens is 226 g/mol. The second-order valence-electron chi connectivity index (χ2n) is 1.93. The van der Waals surface area contributed by atoms with Crippen LogP contribution in [0.5, 0.6) is 0 Å². The molecule has 0 bridgehead atoms. The molecule has 0 saturated carbocycles. The lowest BCUT2D eigenvalue weighted by Gasteiger charge is -2.09. The molecule has 11 heavy (non-hydrogen) atoms. The maximum absolute atomic E-state index is 5.82. The lowest BCUT2D eigenvalue weighted by atomic mass is 10.1. The molecule has 0 aliphatic carbocycles. The summed E-state index contributed by atoms with van der Waals surface area (Å²) in [6.07, 6.45) is 0.630. The van der Waals surface area contributed by atoms with E-state index < -0.39 is 5.38 Å². The fraction of sp³-hybridized carbons (Fsp3) is 0.429. The van der Waals surface area contributed by atoms with Gasteiger partial charge in [0.1, 0.15) is 0 Å². The lowest BCUT2D eigenvalue weighted by molar-refractivity contribution is 1.04. The Bertz CT molecular complexity index is 162. The van der Waals surface area contributed by atoms with E-state index in [4.69, 9.17) is 46.4 Å². The maximum atomic E-state index is 5.82. The molecule has 0 heterocycles. The van der Waals surface area contributed by atoms with Gasteiger partial charge in [0.25, 0.3) is 0 Å². The van der Waals surface area contributed by atoms with E-state index in [1.54, 1.807) is 0 Å². The van der Waals surface area contributed by atoms with E-state index in [0.717, 1.165) is 5.57 Å². The van der Waals surface area contributed by atoms with E-state index in [1.807, 2.05) is 0 Å². The SMILES string of the molecule is C=C(Cl)C(Cl)C(=CCl)CCCl. The van der Waals surface area contributed by atoms with Gasteiger partial charge in [0.05, 0.1) is 5.38 Å². The molecule has 0 aromatic carbocycles. The second-order valence-corrected chi connectivity index (χ2v) is 3.45.